The average molecular weight is 431 g/mol. The third-order valence-corrected chi connectivity index (χ3v) is 4.63. The van der Waals surface area contributed by atoms with Crippen LogP contribution in [0, 0.1) is 5.82 Å². The van der Waals surface area contributed by atoms with Crippen LogP contribution in [0.25, 0.3) is 10.9 Å². The number of aromatic nitrogens is 2. The van der Waals surface area contributed by atoms with Crippen LogP contribution in [0.2, 0.25) is 5.02 Å². The van der Waals surface area contributed by atoms with Crippen molar-refractivity contribution in [3.63, 3.8) is 0 Å². The summed E-state index contributed by atoms with van der Waals surface area (Å²) in [7, 11) is 0. The minimum Gasteiger partial charge on any atom is -0.343 e. The molecule has 2 amide bonds. The van der Waals surface area contributed by atoms with Crippen LogP contribution in [0.1, 0.15) is 29.5 Å². The molecule has 9 heteroatoms. The molecule has 0 atom stereocenters. The van der Waals surface area contributed by atoms with Crippen molar-refractivity contribution in [2.24, 2.45) is 0 Å². The Kier molecular flexibility index (Phi) is 6.79. The lowest BCUT2D eigenvalue weighted by Gasteiger charge is -2.22. The number of fused-ring (bicyclic) bond motifs is 1. The molecule has 0 aliphatic rings. The van der Waals surface area contributed by atoms with Gasteiger partial charge in [0, 0.05) is 17.1 Å². The van der Waals surface area contributed by atoms with Crippen LogP contribution in [-0.2, 0) is 11.3 Å². The summed E-state index contributed by atoms with van der Waals surface area (Å²) in [4.78, 5) is 45.6. The van der Waals surface area contributed by atoms with E-state index in [2.05, 4.69) is 15.3 Å². The fourth-order valence-corrected chi connectivity index (χ4v) is 3.14. The molecule has 30 heavy (non-hydrogen) atoms. The van der Waals surface area contributed by atoms with Crippen molar-refractivity contribution in [1.29, 1.82) is 0 Å². The number of halogens is 2. The van der Waals surface area contributed by atoms with Gasteiger partial charge >= 0.3 is 0 Å². The first-order valence-electron chi connectivity index (χ1n) is 9.37. The molecule has 1 aromatic heterocycles. The van der Waals surface area contributed by atoms with Crippen LogP contribution >= 0.6 is 11.6 Å². The van der Waals surface area contributed by atoms with Crippen molar-refractivity contribution < 1.29 is 14.0 Å². The number of aromatic amines is 1. The number of carbonyl (C=O) groups is 2. The molecule has 0 bridgehead atoms. The lowest BCUT2D eigenvalue weighted by molar-refractivity contribution is -0.130. The van der Waals surface area contributed by atoms with Crippen LogP contribution in [0.15, 0.2) is 47.3 Å². The van der Waals surface area contributed by atoms with Gasteiger partial charge in [0.1, 0.15) is 11.6 Å². The highest BCUT2D eigenvalue weighted by Gasteiger charge is 2.17. The summed E-state index contributed by atoms with van der Waals surface area (Å²) >= 11 is 5.98. The largest absolute Gasteiger partial charge is 0.343 e. The highest BCUT2D eigenvalue weighted by atomic mass is 35.5. The summed E-state index contributed by atoms with van der Waals surface area (Å²) in [5, 5.41) is 3.35. The second kappa shape index (κ2) is 9.49. The molecule has 156 valence electrons. The van der Waals surface area contributed by atoms with Gasteiger partial charge in [-0.1, -0.05) is 24.6 Å². The second-order valence-corrected chi connectivity index (χ2v) is 7.12. The zero-order valence-corrected chi connectivity index (χ0v) is 17.0. The third kappa shape index (κ3) is 5.21. The van der Waals surface area contributed by atoms with E-state index in [0.29, 0.717) is 34.7 Å². The zero-order valence-electron chi connectivity index (χ0n) is 16.2. The first-order valence-corrected chi connectivity index (χ1v) is 9.75. The Morgan fingerprint density at radius 3 is 2.77 bits per heavy atom. The predicted octanol–water partition coefficient (Wildman–Crippen LogP) is 2.88. The van der Waals surface area contributed by atoms with E-state index in [4.69, 9.17) is 11.6 Å². The van der Waals surface area contributed by atoms with Crippen molar-refractivity contribution in [2.45, 2.75) is 19.9 Å². The Balaban J connectivity index is 1.72. The molecular formula is C21H20ClFN4O3. The molecular weight excluding hydrogens is 411 g/mol. The number of nitrogens with one attached hydrogen (secondary N) is 2. The summed E-state index contributed by atoms with van der Waals surface area (Å²) in [5.74, 6) is -1.12. The van der Waals surface area contributed by atoms with E-state index in [9.17, 15) is 18.8 Å². The number of rotatable bonds is 7. The van der Waals surface area contributed by atoms with Gasteiger partial charge in [0.15, 0.2) is 0 Å². The summed E-state index contributed by atoms with van der Waals surface area (Å²) in [6, 6.07) is 9.98. The van der Waals surface area contributed by atoms with Gasteiger partial charge in [-0.3, -0.25) is 14.4 Å². The smallest absolute Gasteiger partial charge is 0.258 e. The first kappa shape index (κ1) is 21.4. The van der Waals surface area contributed by atoms with E-state index in [-0.39, 0.29) is 30.1 Å². The number of hydrogen-bond donors (Lipinski definition) is 2. The van der Waals surface area contributed by atoms with Gasteiger partial charge in [-0.25, -0.2) is 9.37 Å². The van der Waals surface area contributed by atoms with E-state index in [1.165, 1.54) is 23.1 Å². The number of carbonyl (C=O) groups excluding carboxylic acids is 2. The Morgan fingerprint density at radius 2 is 2.03 bits per heavy atom. The van der Waals surface area contributed by atoms with Crippen molar-refractivity contribution in [2.75, 3.05) is 13.1 Å². The lowest BCUT2D eigenvalue weighted by atomic mass is 10.2. The van der Waals surface area contributed by atoms with Crippen LogP contribution in [0.3, 0.4) is 0 Å². The minimum atomic E-state index is -0.550. The number of amides is 2. The van der Waals surface area contributed by atoms with Crippen molar-refractivity contribution in [3.05, 3.63) is 75.0 Å². The van der Waals surface area contributed by atoms with Gasteiger partial charge in [0.05, 0.1) is 24.0 Å². The number of nitrogens with zero attached hydrogens (tertiary/aromatic N) is 2. The van der Waals surface area contributed by atoms with Crippen LogP contribution in [0.4, 0.5) is 4.39 Å². The molecule has 2 N–H and O–H groups in total. The fourth-order valence-electron chi connectivity index (χ4n) is 2.98. The van der Waals surface area contributed by atoms with Gasteiger partial charge in [-0.05, 0) is 42.8 Å². The first-order chi connectivity index (χ1) is 14.4. The monoisotopic (exact) mass is 430 g/mol. The second-order valence-electron chi connectivity index (χ2n) is 6.68. The third-order valence-electron chi connectivity index (χ3n) is 4.39. The Hall–Kier alpha value is -3.26. The zero-order chi connectivity index (χ0) is 21.7. The Bertz CT molecular complexity index is 1150. The summed E-state index contributed by atoms with van der Waals surface area (Å²) in [6.45, 7) is 2.12. The highest BCUT2D eigenvalue weighted by molar-refractivity contribution is 6.31. The average Bonchev–Trinajstić information content (AvgIpc) is 2.71. The highest BCUT2D eigenvalue weighted by Crippen LogP contribution is 2.15. The van der Waals surface area contributed by atoms with Gasteiger partial charge in [0.25, 0.3) is 11.5 Å². The maximum Gasteiger partial charge on any atom is 0.258 e. The molecule has 0 aliphatic heterocycles. The van der Waals surface area contributed by atoms with Crippen molar-refractivity contribution in [1.82, 2.24) is 20.2 Å². The topological polar surface area (TPSA) is 95.2 Å². The maximum atomic E-state index is 13.3. The van der Waals surface area contributed by atoms with Crippen LogP contribution in [0.5, 0.6) is 0 Å². The SMILES string of the molecule is CCCN(Cc1nc2cc(Cl)ccc2c(=O)[nH]1)C(=O)CNC(=O)c1cccc(F)c1. The molecule has 3 aromatic rings. The molecule has 0 unspecified atom stereocenters. The normalized spacial score (nSPS) is 10.8. The van der Waals surface area contributed by atoms with Gasteiger partial charge in [-0.15, -0.1) is 0 Å². The number of H-pyrrole nitrogens is 1. The maximum absolute atomic E-state index is 13.3. The number of hydrogen-bond acceptors (Lipinski definition) is 4. The van der Waals surface area contributed by atoms with Gasteiger partial charge in [0.2, 0.25) is 5.91 Å². The minimum absolute atomic E-state index is 0.0696. The van der Waals surface area contributed by atoms with E-state index < -0.39 is 11.7 Å². The quantitative estimate of drug-likeness (QED) is 0.602. The molecule has 0 radical (unpaired) electrons. The molecule has 0 aliphatic carbocycles. The molecule has 0 spiro atoms. The predicted molar refractivity (Wildman–Crippen MR) is 112 cm³/mol. The molecule has 3 rings (SSSR count). The fraction of sp³-hybridized carbons (Fsp3) is 0.238. The molecule has 0 fully saturated rings. The van der Waals surface area contributed by atoms with Crippen molar-refractivity contribution in [3.8, 4) is 0 Å². The van der Waals surface area contributed by atoms with Crippen LogP contribution < -0.4 is 10.9 Å². The summed E-state index contributed by atoms with van der Waals surface area (Å²) in [6.07, 6.45) is 0.674. The molecule has 0 saturated carbocycles. The Labute approximate surface area is 176 Å². The van der Waals surface area contributed by atoms with Crippen molar-refractivity contribution >= 4 is 34.3 Å². The van der Waals surface area contributed by atoms with E-state index in [1.54, 1.807) is 18.2 Å². The Morgan fingerprint density at radius 1 is 1.23 bits per heavy atom. The van der Waals surface area contributed by atoms with Gasteiger partial charge < -0.3 is 15.2 Å². The van der Waals surface area contributed by atoms with E-state index in [1.807, 2.05) is 6.92 Å². The lowest BCUT2D eigenvalue weighted by Crippen LogP contribution is -2.40. The molecule has 1 heterocycles. The molecule has 0 saturated heterocycles. The summed E-state index contributed by atoms with van der Waals surface area (Å²) in [5.41, 5.74) is 0.238. The van der Waals surface area contributed by atoms with E-state index >= 15 is 0 Å². The standard InChI is InChI=1S/C21H20ClFN4O3/c1-2-8-27(19(28)11-24-20(29)13-4-3-5-15(23)9-13)12-18-25-17-10-14(22)6-7-16(17)21(30)26-18/h3-7,9-10H,2,8,11-12H2,1H3,(H,24,29)(H,25,26,30). The molecule has 7 nitrogen and oxygen atoms in total. The van der Waals surface area contributed by atoms with Gasteiger partial charge in [-0.2, -0.15) is 0 Å². The van der Waals surface area contributed by atoms with Crippen LogP contribution in [-0.4, -0.2) is 39.8 Å². The number of benzene rings is 2. The summed E-state index contributed by atoms with van der Waals surface area (Å²) < 4.78 is 13.3. The molecule has 2 aromatic carbocycles. The van der Waals surface area contributed by atoms with E-state index in [0.717, 1.165) is 6.07 Å².